The lowest BCUT2D eigenvalue weighted by molar-refractivity contribution is -0.274. The van der Waals surface area contributed by atoms with Crippen LogP contribution in [-0.2, 0) is 9.59 Å². The standard InChI is InChI=1S/C27H22F3NO6/c1-15-7-12-21(36-3)20(13-15)24(32)22-23(16-8-10-18(35-2)11-9-16)31(26(34)25(22)33)17-5-4-6-19(14-17)37-27(28,29)30/h4-14,23,32H,1-3H3/b24-22+. The lowest BCUT2D eigenvalue weighted by Crippen LogP contribution is -2.29. The fraction of sp³-hybridized carbons (Fsp3) is 0.185. The van der Waals surface area contributed by atoms with E-state index in [1.54, 1.807) is 49.4 Å². The molecule has 7 nitrogen and oxygen atoms in total. The van der Waals surface area contributed by atoms with Crippen molar-refractivity contribution in [1.29, 1.82) is 0 Å². The lowest BCUT2D eigenvalue weighted by atomic mass is 9.94. The average Bonchev–Trinajstić information content (AvgIpc) is 3.13. The molecule has 192 valence electrons. The maximum absolute atomic E-state index is 13.3. The molecule has 1 aliphatic heterocycles. The molecular formula is C27H22F3NO6. The van der Waals surface area contributed by atoms with E-state index >= 15 is 0 Å². The van der Waals surface area contributed by atoms with Crippen LogP contribution in [0, 0.1) is 6.92 Å². The maximum Gasteiger partial charge on any atom is 0.573 e. The van der Waals surface area contributed by atoms with Crippen LogP contribution in [0.2, 0.25) is 0 Å². The molecule has 0 aromatic heterocycles. The molecule has 4 rings (SSSR count). The van der Waals surface area contributed by atoms with E-state index in [1.807, 2.05) is 0 Å². The predicted molar refractivity (Wildman–Crippen MR) is 129 cm³/mol. The molecule has 37 heavy (non-hydrogen) atoms. The molecule has 10 heteroatoms. The van der Waals surface area contributed by atoms with Crippen LogP contribution >= 0.6 is 0 Å². The van der Waals surface area contributed by atoms with Gasteiger partial charge in [0.25, 0.3) is 11.7 Å². The third-order valence-corrected chi connectivity index (χ3v) is 5.82. The van der Waals surface area contributed by atoms with Crippen LogP contribution in [0.3, 0.4) is 0 Å². The average molecular weight is 513 g/mol. The first-order valence-electron chi connectivity index (χ1n) is 11.0. The quantitative estimate of drug-likeness (QED) is 0.265. The van der Waals surface area contributed by atoms with Crippen LogP contribution in [0.1, 0.15) is 22.7 Å². The Labute approximate surface area is 210 Å². The van der Waals surface area contributed by atoms with Crippen LogP contribution in [0.4, 0.5) is 18.9 Å². The van der Waals surface area contributed by atoms with Gasteiger partial charge in [0.1, 0.15) is 23.0 Å². The molecule has 3 aromatic rings. The van der Waals surface area contributed by atoms with Crippen molar-refractivity contribution in [2.45, 2.75) is 19.3 Å². The largest absolute Gasteiger partial charge is 0.573 e. The second-order valence-corrected chi connectivity index (χ2v) is 8.19. The summed E-state index contributed by atoms with van der Waals surface area (Å²) < 4.78 is 53.1. The predicted octanol–water partition coefficient (Wildman–Crippen LogP) is 5.54. The number of aryl methyl sites for hydroxylation is 1. The number of aliphatic hydroxyl groups is 1. The molecule has 1 N–H and O–H groups in total. The molecule has 0 radical (unpaired) electrons. The van der Waals surface area contributed by atoms with Gasteiger partial charge < -0.3 is 19.3 Å². The summed E-state index contributed by atoms with van der Waals surface area (Å²) >= 11 is 0. The summed E-state index contributed by atoms with van der Waals surface area (Å²) in [6, 6.07) is 14.9. The summed E-state index contributed by atoms with van der Waals surface area (Å²) in [7, 11) is 2.87. The first kappa shape index (κ1) is 25.6. The fourth-order valence-corrected chi connectivity index (χ4v) is 4.18. The van der Waals surface area contributed by atoms with Gasteiger partial charge in [-0.25, -0.2) is 0 Å². The minimum absolute atomic E-state index is 0.0278. The van der Waals surface area contributed by atoms with E-state index in [1.165, 1.54) is 26.4 Å². The molecule has 1 amide bonds. The summed E-state index contributed by atoms with van der Waals surface area (Å²) in [4.78, 5) is 27.6. The zero-order valence-corrected chi connectivity index (χ0v) is 20.0. The first-order chi connectivity index (χ1) is 17.5. The SMILES string of the molecule is COc1ccc(C2/C(=C(\O)c3cc(C)ccc3OC)C(=O)C(=O)N2c2cccc(OC(F)(F)F)c2)cc1. The second kappa shape index (κ2) is 9.88. The Morgan fingerprint density at radius 1 is 0.919 bits per heavy atom. The van der Waals surface area contributed by atoms with Crippen molar-refractivity contribution in [3.05, 3.63) is 89.0 Å². The van der Waals surface area contributed by atoms with Crippen LogP contribution in [0.15, 0.2) is 72.3 Å². The van der Waals surface area contributed by atoms with E-state index in [0.717, 1.165) is 22.6 Å². The van der Waals surface area contributed by atoms with Crippen molar-refractivity contribution in [2.24, 2.45) is 0 Å². The topological polar surface area (TPSA) is 85.3 Å². The van der Waals surface area contributed by atoms with Gasteiger partial charge in [0.2, 0.25) is 0 Å². The van der Waals surface area contributed by atoms with Gasteiger partial charge in [-0.05, 0) is 48.9 Å². The van der Waals surface area contributed by atoms with E-state index in [0.29, 0.717) is 11.3 Å². The molecule has 1 saturated heterocycles. The summed E-state index contributed by atoms with van der Waals surface area (Å²) in [5.41, 5.74) is 1.08. The first-order valence-corrected chi connectivity index (χ1v) is 11.0. The lowest BCUT2D eigenvalue weighted by Gasteiger charge is -2.26. The van der Waals surface area contributed by atoms with Crippen molar-refractivity contribution in [3.8, 4) is 17.2 Å². The highest BCUT2D eigenvalue weighted by Crippen LogP contribution is 2.44. The number of carbonyl (C=O) groups is 2. The number of rotatable bonds is 6. The van der Waals surface area contributed by atoms with Crippen molar-refractivity contribution in [1.82, 2.24) is 0 Å². The fourth-order valence-electron chi connectivity index (χ4n) is 4.18. The van der Waals surface area contributed by atoms with E-state index in [-0.39, 0.29) is 22.6 Å². The van der Waals surface area contributed by atoms with Crippen molar-refractivity contribution >= 4 is 23.1 Å². The highest BCUT2D eigenvalue weighted by atomic mass is 19.4. The molecule has 0 saturated carbocycles. The Hall–Kier alpha value is -4.47. The van der Waals surface area contributed by atoms with Gasteiger partial charge in [-0.15, -0.1) is 13.2 Å². The van der Waals surface area contributed by atoms with E-state index in [2.05, 4.69) is 4.74 Å². The van der Waals surface area contributed by atoms with Crippen LogP contribution in [-0.4, -0.2) is 37.4 Å². The number of carbonyl (C=O) groups excluding carboxylic acids is 2. The molecule has 3 aromatic carbocycles. The molecule has 0 aliphatic carbocycles. The van der Waals surface area contributed by atoms with Crippen LogP contribution in [0.5, 0.6) is 17.2 Å². The van der Waals surface area contributed by atoms with Gasteiger partial charge in [0.05, 0.1) is 31.4 Å². The minimum atomic E-state index is -4.95. The highest BCUT2D eigenvalue weighted by Gasteiger charge is 2.47. The van der Waals surface area contributed by atoms with E-state index < -0.39 is 35.6 Å². The Bertz CT molecular complexity index is 1380. The number of methoxy groups -OCH3 is 2. The third kappa shape index (κ3) is 5.09. The van der Waals surface area contributed by atoms with Gasteiger partial charge in [-0.3, -0.25) is 14.5 Å². The number of Topliss-reactive ketones (excluding diaryl/α,β-unsaturated/α-hetero) is 1. The molecule has 1 heterocycles. The van der Waals surface area contributed by atoms with Gasteiger partial charge in [0.15, 0.2) is 0 Å². The summed E-state index contributed by atoms with van der Waals surface area (Å²) in [6.07, 6.45) is -4.95. The van der Waals surface area contributed by atoms with Crippen molar-refractivity contribution in [3.63, 3.8) is 0 Å². The highest BCUT2D eigenvalue weighted by molar-refractivity contribution is 6.51. The van der Waals surface area contributed by atoms with Gasteiger partial charge in [-0.2, -0.15) is 0 Å². The number of amides is 1. The normalized spacial score (nSPS) is 17.1. The Kier molecular flexibility index (Phi) is 6.84. The number of hydrogen-bond acceptors (Lipinski definition) is 6. The van der Waals surface area contributed by atoms with Crippen LogP contribution < -0.4 is 19.1 Å². The van der Waals surface area contributed by atoms with Crippen LogP contribution in [0.25, 0.3) is 5.76 Å². The van der Waals surface area contributed by atoms with Crippen molar-refractivity contribution < 1.29 is 42.1 Å². The smallest absolute Gasteiger partial charge is 0.507 e. The molecule has 1 aliphatic rings. The van der Waals surface area contributed by atoms with Crippen molar-refractivity contribution in [2.75, 3.05) is 19.1 Å². The zero-order chi connectivity index (χ0) is 26.9. The molecule has 1 fully saturated rings. The number of ketones is 1. The van der Waals surface area contributed by atoms with E-state index in [4.69, 9.17) is 9.47 Å². The number of hydrogen-bond donors (Lipinski definition) is 1. The Morgan fingerprint density at radius 3 is 2.24 bits per heavy atom. The molecule has 1 atom stereocenters. The third-order valence-electron chi connectivity index (χ3n) is 5.82. The summed E-state index contributed by atoms with van der Waals surface area (Å²) in [5, 5.41) is 11.4. The van der Waals surface area contributed by atoms with Gasteiger partial charge in [-0.1, -0.05) is 29.8 Å². The molecule has 0 bridgehead atoms. The maximum atomic E-state index is 13.3. The number of ether oxygens (including phenoxy) is 3. The molecule has 1 unspecified atom stereocenters. The van der Waals surface area contributed by atoms with Gasteiger partial charge in [0, 0.05) is 11.8 Å². The van der Waals surface area contributed by atoms with E-state index in [9.17, 15) is 27.9 Å². The number of aliphatic hydroxyl groups excluding tert-OH is 1. The molecular weight excluding hydrogens is 491 g/mol. The number of benzene rings is 3. The second-order valence-electron chi connectivity index (χ2n) is 8.19. The number of anilines is 1. The van der Waals surface area contributed by atoms with Gasteiger partial charge >= 0.3 is 6.36 Å². The summed E-state index contributed by atoms with van der Waals surface area (Å²) in [6.45, 7) is 1.78. The zero-order valence-electron chi connectivity index (χ0n) is 20.0. The Balaban J connectivity index is 1.94. The molecule has 0 spiro atoms. The Morgan fingerprint density at radius 2 is 1.62 bits per heavy atom. The number of halogens is 3. The summed E-state index contributed by atoms with van der Waals surface area (Å²) in [5.74, 6) is -2.32. The minimum Gasteiger partial charge on any atom is -0.507 e. The monoisotopic (exact) mass is 513 g/mol. The number of alkyl halides is 3. The number of nitrogens with zero attached hydrogens (tertiary/aromatic N) is 1.